The van der Waals surface area contributed by atoms with Crippen LogP contribution in [-0.4, -0.2) is 33.5 Å². The Kier molecular flexibility index (Phi) is 28.1. The summed E-state index contributed by atoms with van der Waals surface area (Å²) in [7, 11) is 0. The second-order valence-corrected chi connectivity index (χ2v) is 12.8. The number of carbonyl (C=O) groups is 2. The van der Waals surface area contributed by atoms with Gasteiger partial charge in [0.25, 0.3) is 0 Å². The number of benzene rings is 1. The summed E-state index contributed by atoms with van der Waals surface area (Å²) in [6.07, 6.45) is 46.6. The monoisotopic (exact) mass is 674 g/mol. The molecule has 1 aromatic rings. The number of nitrogens with zero attached hydrogens (tertiary/aromatic N) is 1. The van der Waals surface area contributed by atoms with Crippen LogP contribution in [0.1, 0.15) is 148 Å². The summed E-state index contributed by atoms with van der Waals surface area (Å²) in [4.78, 5) is 27.8. The van der Waals surface area contributed by atoms with Crippen LogP contribution in [0.25, 0.3) is 0 Å². The lowest BCUT2D eigenvalue weighted by Gasteiger charge is -2.21. The van der Waals surface area contributed by atoms with Crippen molar-refractivity contribution < 1.29 is 19.8 Å². The Hall–Kier alpha value is -3.60. The van der Waals surface area contributed by atoms with Crippen LogP contribution in [0.4, 0.5) is 0 Å². The summed E-state index contributed by atoms with van der Waals surface area (Å²) >= 11 is 0. The number of rotatable bonds is 29. The molecule has 0 aliphatic carbocycles. The van der Waals surface area contributed by atoms with E-state index in [-0.39, 0.29) is 29.9 Å². The lowest BCUT2D eigenvalue weighted by atomic mass is 10.1. The summed E-state index contributed by atoms with van der Waals surface area (Å²) in [5.41, 5.74) is 0.769. The minimum atomic E-state index is -0.196. The topological polar surface area (TPSA) is 77.8 Å². The lowest BCUT2D eigenvalue weighted by Crippen LogP contribution is -2.38. The molecule has 1 rings (SSSR count). The third-order valence-electron chi connectivity index (χ3n) is 8.33. The van der Waals surface area contributed by atoms with Crippen molar-refractivity contribution in [1.29, 1.82) is 0 Å². The van der Waals surface area contributed by atoms with Crippen molar-refractivity contribution in [3.63, 3.8) is 0 Å². The molecule has 0 aliphatic rings. The van der Waals surface area contributed by atoms with Crippen molar-refractivity contribution in [2.24, 2.45) is 0 Å². The highest BCUT2D eigenvalue weighted by Crippen LogP contribution is 2.25. The van der Waals surface area contributed by atoms with Gasteiger partial charge in [-0.15, -0.1) is 0 Å². The Labute approximate surface area is 299 Å². The molecule has 0 saturated carbocycles. The molecule has 2 amide bonds. The van der Waals surface area contributed by atoms with Crippen molar-refractivity contribution in [1.82, 2.24) is 4.90 Å². The molecule has 0 saturated heterocycles. The fourth-order valence-electron chi connectivity index (χ4n) is 5.28. The predicted molar refractivity (Wildman–Crippen MR) is 209 cm³/mol. The number of hydrogen-bond donors (Lipinski definition) is 2. The molecule has 5 heteroatoms. The highest BCUT2D eigenvalue weighted by molar-refractivity contribution is 5.95. The largest absolute Gasteiger partial charge is 0.504 e. The fourth-order valence-corrected chi connectivity index (χ4v) is 5.28. The van der Waals surface area contributed by atoms with Crippen molar-refractivity contribution in [3.05, 3.63) is 96.7 Å². The maximum absolute atomic E-state index is 13.2. The zero-order valence-electron chi connectivity index (χ0n) is 30.9. The molecule has 5 nitrogen and oxygen atoms in total. The number of allylic oxidation sites excluding steroid dienone is 12. The van der Waals surface area contributed by atoms with Crippen LogP contribution in [0.2, 0.25) is 0 Å². The van der Waals surface area contributed by atoms with Crippen molar-refractivity contribution in [2.75, 3.05) is 6.54 Å². The normalized spacial score (nSPS) is 12.3. The van der Waals surface area contributed by atoms with E-state index in [4.69, 9.17) is 0 Å². The zero-order valence-corrected chi connectivity index (χ0v) is 30.9. The third-order valence-corrected chi connectivity index (χ3v) is 8.33. The summed E-state index contributed by atoms with van der Waals surface area (Å²) in [5.74, 6) is -0.646. The van der Waals surface area contributed by atoms with Gasteiger partial charge < -0.3 is 10.2 Å². The van der Waals surface area contributed by atoms with Gasteiger partial charge in [-0.3, -0.25) is 14.5 Å². The molecule has 1 aromatic carbocycles. The van der Waals surface area contributed by atoms with Gasteiger partial charge in [-0.25, -0.2) is 0 Å². The van der Waals surface area contributed by atoms with Gasteiger partial charge in [0.15, 0.2) is 11.5 Å². The maximum atomic E-state index is 13.2. The van der Waals surface area contributed by atoms with Gasteiger partial charge in [-0.2, -0.15) is 0 Å². The van der Waals surface area contributed by atoms with Gasteiger partial charge in [0.2, 0.25) is 11.8 Å². The lowest BCUT2D eigenvalue weighted by molar-refractivity contribution is -0.145. The molecule has 0 atom stereocenters. The molecule has 0 fully saturated rings. The number of hydrogen-bond acceptors (Lipinski definition) is 4. The summed E-state index contributed by atoms with van der Waals surface area (Å²) in [6.45, 7) is 4.72. The van der Waals surface area contributed by atoms with Crippen molar-refractivity contribution in [2.45, 2.75) is 149 Å². The predicted octanol–water partition coefficient (Wildman–Crippen LogP) is 12.2. The molecule has 49 heavy (non-hydrogen) atoms. The van der Waals surface area contributed by atoms with E-state index in [9.17, 15) is 19.8 Å². The Morgan fingerprint density at radius 3 is 1.31 bits per heavy atom. The average molecular weight is 674 g/mol. The Bertz CT molecular complexity index is 1110. The molecule has 272 valence electrons. The molecular formula is C44H67NO4. The number of unbranched alkanes of at least 4 members (excludes halogenated alkanes) is 10. The first kappa shape index (κ1) is 43.4. The first-order chi connectivity index (χ1) is 24.0. The van der Waals surface area contributed by atoms with E-state index >= 15 is 0 Å². The number of phenols is 2. The van der Waals surface area contributed by atoms with Crippen LogP contribution >= 0.6 is 0 Å². The van der Waals surface area contributed by atoms with Gasteiger partial charge in [0, 0.05) is 19.4 Å². The number of amides is 2. The first-order valence-corrected chi connectivity index (χ1v) is 19.2. The molecule has 0 aliphatic heterocycles. The number of imide groups is 1. The van der Waals surface area contributed by atoms with Gasteiger partial charge in [0.05, 0.1) is 0 Å². The van der Waals surface area contributed by atoms with Crippen LogP contribution in [0.3, 0.4) is 0 Å². The minimum absolute atomic E-state index is 0.134. The molecule has 0 bridgehead atoms. The number of phenolic OH excluding ortho intramolecular Hbond substituents is 2. The average Bonchev–Trinajstić information content (AvgIpc) is 3.09. The van der Waals surface area contributed by atoms with Crippen molar-refractivity contribution >= 4 is 11.8 Å². The second kappa shape index (κ2) is 31.7. The first-order valence-electron chi connectivity index (χ1n) is 19.2. The molecular weight excluding hydrogens is 606 g/mol. The van der Waals surface area contributed by atoms with Crippen LogP contribution in [0, 0.1) is 0 Å². The maximum Gasteiger partial charge on any atom is 0.229 e. The molecule has 2 N–H and O–H groups in total. The Morgan fingerprint density at radius 2 is 0.918 bits per heavy atom. The quantitative estimate of drug-likeness (QED) is 0.0504. The molecule has 0 unspecified atom stereocenters. The standard InChI is InChI=1S/C44H67NO4/c1-3-5-7-9-11-13-15-17-19-21-23-25-27-29-31-33-43(48)45(38-37-40-35-36-41(46)42(47)39-40)44(49)34-32-30-28-26-24-22-20-18-16-14-12-10-8-6-4-2/h11-14,17-20,23-26,35-36,39,46-47H,3-10,15-16,21-22,27-34,37-38H2,1-2H3/b13-11+,14-12+,19-17+,20-18+,25-23-,26-24+. The SMILES string of the molecule is CCCCC/C=C/C/C=C/C/C=C\CCCCC(=O)N(CCc1ccc(O)c(O)c1)C(=O)CCCC/C=C/C/C=C/C/C=C/CCCCC. The zero-order chi connectivity index (χ0) is 35.6. The van der Waals surface area contributed by atoms with E-state index in [1.54, 1.807) is 6.07 Å². The van der Waals surface area contributed by atoms with Crippen LogP contribution in [-0.2, 0) is 16.0 Å². The second-order valence-electron chi connectivity index (χ2n) is 12.8. The van der Waals surface area contributed by atoms with Crippen LogP contribution in [0.15, 0.2) is 91.1 Å². The van der Waals surface area contributed by atoms with E-state index in [1.807, 2.05) is 0 Å². The van der Waals surface area contributed by atoms with Gasteiger partial charge in [0.1, 0.15) is 0 Å². The van der Waals surface area contributed by atoms with Crippen LogP contribution in [0.5, 0.6) is 11.5 Å². The van der Waals surface area contributed by atoms with Crippen LogP contribution < -0.4 is 0 Å². The molecule has 0 radical (unpaired) electrons. The Morgan fingerprint density at radius 1 is 0.531 bits per heavy atom. The Balaban J connectivity index is 2.41. The molecule has 0 aromatic heterocycles. The van der Waals surface area contributed by atoms with Crippen molar-refractivity contribution in [3.8, 4) is 11.5 Å². The summed E-state index contributed by atoms with van der Waals surface area (Å²) in [6, 6.07) is 4.63. The van der Waals surface area contributed by atoms with Gasteiger partial charge >= 0.3 is 0 Å². The summed E-state index contributed by atoms with van der Waals surface area (Å²) in [5, 5.41) is 19.5. The highest BCUT2D eigenvalue weighted by Gasteiger charge is 2.20. The van der Waals surface area contributed by atoms with E-state index in [0.29, 0.717) is 19.3 Å². The smallest absolute Gasteiger partial charge is 0.229 e. The van der Waals surface area contributed by atoms with E-state index in [0.717, 1.165) is 69.8 Å². The van der Waals surface area contributed by atoms with E-state index in [1.165, 1.54) is 68.4 Å². The molecule has 0 heterocycles. The highest BCUT2D eigenvalue weighted by atomic mass is 16.3. The van der Waals surface area contributed by atoms with E-state index in [2.05, 4.69) is 86.8 Å². The third kappa shape index (κ3) is 25.1. The summed E-state index contributed by atoms with van der Waals surface area (Å²) < 4.78 is 0. The van der Waals surface area contributed by atoms with Gasteiger partial charge in [-0.05, 0) is 114 Å². The van der Waals surface area contributed by atoms with Gasteiger partial charge in [-0.1, -0.05) is 119 Å². The molecule has 0 spiro atoms. The number of carbonyl (C=O) groups excluding carboxylic acids is 2. The fraction of sp³-hybridized carbons (Fsp3) is 0.545. The minimum Gasteiger partial charge on any atom is -0.504 e. The van der Waals surface area contributed by atoms with E-state index < -0.39 is 0 Å². The number of aromatic hydroxyl groups is 2.